The van der Waals surface area contributed by atoms with E-state index in [2.05, 4.69) is 21.2 Å². The van der Waals surface area contributed by atoms with Gasteiger partial charge in [-0.25, -0.2) is 4.39 Å². The summed E-state index contributed by atoms with van der Waals surface area (Å²) in [6, 6.07) is 6.94. The predicted octanol–water partition coefficient (Wildman–Crippen LogP) is 3.94. The predicted molar refractivity (Wildman–Crippen MR) is 79.0 cm³/mol. The van der Waals surface area contributed by atoms with Crippen molar-refractivity contribution in [3.63, 3.8) is 0 Å². The van der Waals surface area contributed by atoms with E-state index < -0.39 is 17.8 Å². The Bertz CT molecular complexity index is 600. The van der Waals surface area contributed by atoms with Crippen molar-refractivity contribution >= 4 is 50.5 Å². The van der Waals surface area contributed by atoms with Crippen molar-refractivity contribution in [1.29, 1.82) is 0 Å². The number of hydrogen-bond acceptors (Lipinski definition) is 3. The first-order valence-electron chi connectivity index (χ1n) is 5.24. The zero-order valence-electron chi connectivity index (χ0n) is 9.49. The number of para-hydroxylation sites is 1. The molecule has 2 aromatic rings. The summed E-state index contributed by atoms with van der Waals surface area (Å²) in [5, 5.41) is 2.78. The zero-order valence-corrected chi connectivity index (χ0v) is 12.7. The van der Waals surface area contributed by atoms with Gasteiger partial charge in [0.05, 0.1) is 5.69 Å². The van der Waals surface area contributed by atoms with Crippen molar-refractivity contribution in [2.45, 2.75) is 6.04 Å². The number of carbonyl (C=O) groups is 1. The van der Waals surface area contributed by atoms with Crippen molar-refractivity contribution in [2.24, 2.45) is 5.73 Å². The fraction of sp³-hybridized carbons (Fsp3) is 0.0833. The van der Waals surface area contributed by atoms with E-state index >= 15 is 0 Å². The number of benzene rings is 1. The van der Waals surface area contributed by atoms with E-state index in [4.69, 9.17) is 17.3 Å². The molecule has 0 saturated carbocycles. The molecule has 1 unspecified atom stereocenters. The number of carbonyl (C=O) groups excluding carboxylic acids is 1. The lowest BCUT2D eigenvalue weighted by atomic mass is 10.2. The first-order valence-corrected chi connectivity index (χ1v) is 7.23. The molecule has 0 bridgehead atoms. The van der Waals surface area contributed by atoms with Gasteiger partial charge in [0.15, 0.2) is 0 Å². The molecule has 0 saturated heterocycles. The van der Waals surface area contributed by atoms with E-state index in [1.807, 2.05) is 0 Å². The van der Waals surface area contributed by atoms with Gasteiger partial charge in [-0.3, -0.25) is 4.79 Å². The van der Waals surface area contributed by atoms with E-state index in [0.29, 0.717) is 13.7 Å². The molecular weight excluding hydrogens is 355 g/mol. The SMILES string of the molecule is NC(=O)C(Nc1ccccc1F)c1cc(Br)c(Cl)s1. The number of hydrogen-bond donors (Lipinski definition) is 2. The number of primary amides is 1. The summed E-state index contributed by atoms with van der Waals surface area (Å²) in [7, 11) is 0. The first-order chi connectivity index (χ1) is 8.99. The van der Waals surface area contributed by atoms with Gasteiger partial charge in [0.2, 0.25) is 5.91 Å². The number of nitrogens with one attached hydrogen (secondary N) is 1. The van der Waals surface area contributed by atoms with Gasteiger partial charge in [-0.1, -0.05) is 23.7 Å². The highest BCUT2D eigenvalue weighted by molar-refractivity contribution is 9.10. The summed E-state index contributed by atoms with van der Waals surface area (Å²) in [6.45, 7) is 0. The molecule has 1 aromatic heterocycles. The Morgan fingerprint density at radius 2 is 2.16 bits per heavy atom. The number of anilines is 1. The van der Waals surface area contributed by atoms with Crippen LogP contribution in [-0.4, -0.2) is 5.91 Å². The zero-order chi connectivity index (χ0) is 14.0. The molecule has 0 aliphatic heterocycles. The molecule has 3 N–H and O–H groups in total. The van der Waals surface area contributed by atoms with Crippen LogP contribution in [0.1, 0.15) is 10.9 Å². The van der Waals surface area contributed by atoms with Gasteiger partial charge in [0, 0.05) is 9.35 Å². The van der Waals surface area contributed by atoms with Crippen LogP contribution in [0.25, 0.3) is 0 Å². The maximum atomic E-state index is 13.6. The minimum absolute atomic E-state index is 0.215. The van der Waals surface area contributed by atoms with Crippen LogP contribution in [0.4, 0.5) is 10.1 Å². The number of nitrogens with two attached hydrogens (primary N) is 1. The minimum Gasteiger partial charge on any atom is -0.368 e. The van der Waals surface area contributed by atoms with E-state index in [-0.39, 0.29) is 5.69 Å². The summed E-state index contributed by atoms with van der Waals surface area (Å²) < 4.78 is 14.8. The number of rotatable bonds is 4. The van der Waals surface area contributed by atoms with Crippen LogP contribution in [0.3, 0.4) is 0 Å². The highest BCUT2D eigenvalue weighted by Crippen LogP contribution is 2.36. The highest BCUT2D eigenvalue weighted by Gasteiger charge is 2.22. The van der Waals surface area contributed by atoms with Crippen LogP contribution in [0, 0.1) is 5.82 Å². The molecule has 7 heteroatoms. The number of thiophene rings is 1. The lowest BCUT2D eigenvalue weighted by molar-refractivity contribution is -0.118. The van der Waals surface area contributed by atoms with Crippen LogP contribution < -0.4 is 11.1 Å². The lowest BCUT2D eigenvalue weighted by Crippen LogP contribution is -2.27. The van der Waals surface area contributed by atoms with E-state index in [1.54, 1.807) is 18.2 Å². The molecule has 3 nitrogen and oxygen atoms in total. The molecular formula is C12H9BrClFN2OS. The van der Waals surface area contributed by atoms with Gasteiger partial charge >= 0.3 is 0 Å². The maximum Gasteiger partial charge on any atom is 0.245 e. The van der Waals surface area contributed by atoms with E-state index in [9.17, 15) is 9.18 Å². The Morgan fingerprint density at radius 3 is 2.68 bits per heavy atom. The van der Waals surface area contributed by atoms with Crippen LogP contribution in [0.15, 0.2) is 34.8 Å². The summed E-state index contributed by atoms with van der Waals surface area (Å²) in [4.78, 5) is 12.1. The van der Waals surface area contributed by atoms with Gasteiger partial charge < -0.3 is 11.1 Å². The lowest BCUT2D eigenvalue weighted by Gasteiger charge is -2.15. The quantitative estimate of drug-likeness (QED) is 0.864. The Labute approximate surface area is 126 Å². The third kappa shape index (κ3) is 3.26. The molecule has 1 aromatic carbocycles. The summed E-state index contributed by atoms with van der Waals surface area (Å²) in [5.74, 6) is -1.05. The molecule has 19 heavy (non-hydrogen) atoms. The Hall–Kier alpha value is -1.11. The molecule has 2 rings (SSSR count). The maximum absolute atomic E-state index is 13.6. The van der Waals surface area contributed by atoms with Crippen LogP contribution in [0.2, 0.25) is 4.34 Å². The molecule has 1 amide bonds. The second kappa shape index (κ2) is 5.90. The molecule has 0 fully saturated rings. The van der Waals surface area contributed by atoms with E-state index in [1.165, 1.54) is 23.5 Å². The summed E-state index contributed by atoms with van der Waals surface area (Å²) in [5.41, 5.74) is 5.57. The van der Waals surface area contributed by atoms with Crippen LogP contribution >= 0.6 is 38.9 Å². The van der Waals surface area contributed by atoms with Gasteiger partial charge in [0.1, 0.15) is 16.2 Å². The van der Waals surface area contributed by atoms with Crippen LogP contribution in [0.5, 0.6) is 0 Å². The van der Waals surface area contributed by atoms with Gasteiger partial charge in [-0.15, -0.1) is 11.3 Å². The Morgan fingerprint density at radius 1 is 1.47 bits per heavy atom. The van der Waals surface area contributed by atoms with Crippen molar-refractivity contribution in [1.82, 2.24) is 0 Å². The third-order valence-corrected chi connectivity index (χ3v) is 4.95. The molecule has 0 radical (unpaired) electrons. The average molecular weight is 364 g/mol. The smallest absolute Gasteiger partial charge is 0.245 e. The molecule has 0 spiro atoms. The number of halogens is 3. The van der Waals surface area contributed by atoms with Crippen molar-refractivity contribution in [3.05, 3.63) is 49.8 Å². The van der Waals surface area contributed by atoms with Crippen molar-refractivity contribution in [2.75, 3.05) is 5.32 Å². The topological polar surface area (TPSA) is 55.1 Å². The normalized spacial score (nSPS) is 12.2. The second-order valence-corrected chi connectivity index (χ2v) is 6.27. The Balaban J connectivity index is 2.32. The summed E-state index contributed by atoms with van der Waals surface area (Å²) >= 11 is 10.4. The fourth-order valence-electron chi connectivity index (χ4n) is 1.52. The highest BCUT2D eigenvalue weighted by atomic mass is 79.9. The fourth-order valence-corrected chi connectivity index (χ4v) is 3.32. The van der Waals surface area contributed by atoms with E-state index in [0.717, 1.165) is 0 Å². The van der Waals surface area contributed by atoms with Gasteiger partial charge in [-0.05, 0) is 34.1 Å². The third-order valence-electron chi connectivity index (χ3n) is 2.41. The monoisotopic (exact) mass is 362 g/mol. The standard InChI is InChI=1S/C12H9BrClFN2OS/c13-6-5-9(19-11(6)14)10(12(16)18)17-8-4-2-1-3-7(8)15/h1-5,10,17H,(H2,16,18). The average Bonchev–Trinajstić information content (AvgIpc) is 2.68. The van der Waals surface area contributed by atoms with Crippen molar-refractivity contribution in [3.8, 4) is 0 Å². The largest absolute Gasteiger partial charge is 0.368 e. The van der Waals surface area contributed by atoms with Gasteiger partial charge in [0.25, 0.3) is 0 Å². The second-order valence-electron chi connectivity index (χ2n) is 3.73. The molecule has 100 valence electrons. The number of amides is 1. The first kappa shape index (κ1) is 14.3. The van der Waals surface area contributed by atoms with Gasteiger partial charge in [-0.2, -0.15) is 0 Å². The summed E-state index contributed by atoms with van der Waals surface area (Å²) in [6.07, 6.45) is 0. The molecule has 1 atom stereocenters. The molecule has 1 heterocycles. The molecule has 0 aliphatic carbocycles. The molecule has 0 aliphatic rings. The van der Waals surface area contributed by atoms with Crippen LogP contribution in [-0.2, 0) is 4.79 Å². The minimum atomic E-state index is -0.828. The van der Waals surface area contributed by atoms with Crippen molar-refractivity contribution < 1.29 is 9.18 Å². The Kier molecular flexibility index (Phi) is 4.44.